The number of ether oxygens (including phenoxy) is 3. The molecule has 0 saturated heterocycles. The summed E-state index contributed by atoms with van der Waals surface area (Å²) in [6.45, 7) is 4.10. The molecule has 4 aromatic rings. The lowest BCUT2D eigenvalue weighted by Crippen LogP contribution is -2.33. The maximum atomic E-state index is 6.50. The minimum absolute atomic E-state index is 0.0990. The molecule has 5 rings (SSSR count). The van der Waals surface area contributed by atoms with Crippen molar-refractivity contribution >= 4 is 23.8 Å². The third kappa shape index (κ3) is 4.10. The topological polar surface area (TPSA) is 27.7 Å². The van der Waals surface area contributed by atoms with Gasteiger partial charge in [0, 0.05) is 5.56 Å². The molecule has 0 aromatic heterocycles. The first kappa shape index (κ1) is 21.6. The summed E-state index contributed by atoms with van der Waals surface area (Å²) in [4.78, 5) is 0. The molecule has 166 valence electrons. The quantitative estimate of drug-likeness (QED) is 0.372. The second-order valence-corrected chi connectivity index (χ2v) is 10.3. The molecule has 4 aromatic carbocycles. The lowest BCUT2D eigenvalue weighted by molar-refractivity contribution is 0.0760. The van der Waals surface area contributed by atoms with Gasteiger partial charge >= 0.3 is 0 Å². The summed E-state index contributed by atoms with van der Waals surface area (Å²) in [5.41, 5.74) is 1.99. The van der Waals surface area contributed by atoms with Crippen LogP contribution in [-0.2, 0) is 0 Å². The Balaban J connectivity index is 1.83. The van der Waals surface area contributed by atoms with Crippen molar-refractivity contribution in [1.29, 1.82) is 0 Å². The zero-order valence-corrected chi connectivity index (χ0v) is 20.0. The van der Waals surface area contributed by atoms with Gasteiger partial charge in [-0.15, -0.1) is 0 Å². The number of methoxy groups -OCH3 is 1. The molecule has 0 unspecified atom stereocenters. The van der Waals surface area contributed by atoms with Crippen LogP contribution < -0.4 is 30.1 Å². The molecular formula is C29H27O3P. The van der Waals surface area contributed by atoms with Crippen molar-refractivity contribution in [2.24, 2.45) is 0 Å². The van der Waals surface area contributed by atoms with E-state index in [0.29, 0.717) is 0 Å². The zero-order chi connectivity index (χ0) is 22.8. The molecule has 1 aliphatic rings. The zero-order valence-electron chi connectivity index (χ0n) is 19.1. The normalized spacial score (nSPS) is 17.1. The van der Waals surface area contributed by atoms with Crippen molar-refractivity contribution in [3.05, 3.63) is 97.1 Å². The third-order valence-corrected chi connectivity index (χ3v) is 8.50. The Morgan fingerprint density at radius 2 is 1.12 bits per heavy atom. The highest BCUT2D eigenvalue weighted by atomic mass is 31.1. The fourth-order valence-corrected chi connectivity index (χ4v) is 6.73. The minimum Gasteiger partial charge on any atom is -0.496 e. The minimum atomic E-state index is -0.839. The summed E-state index contributed by atoms with van der Waals surface area (Å²) in [6.07, 6.45) is -0.199. The van der Waals surface area contributed by atoms with Crippen molar-refractivity contribution in [1.82, 2.24) is 0 Å². The van der Waals surface area contributed by atoms with E-state index in [1.165, 1.54) is 15.9 Å². The summed E-state index contributed by atoms with van der Waals surface area (Å²) in [6, 6.07) is 33.8. The number of hydrogen-bond donors (Lipinski definition) is 0. The summed E-state index contributed by atoms with van der Waals surface area (Å²) in [5.74, 6) is 2.46. The molecule has 0 aliphatic carbocycles. The Labute approximate surface area is 196 Å². The van der Waals surface area contributed by atoms with Gasteiger partial charge in [-0.25, -0.2) is 0 Å². The molecule has 0 fully saturated rings. The van der Waals surface area contributed by atoms with Crippen molar-refractivity contribution in [3.63, 3.8) is 0 Å². The number of benzene rings is 4. The van der Waals surface area contributed by atoms with Gasteiger partial charge in [-0.05, 0) is 55.9 Å². The van der Waals surface area contributed by atoms with Crippen LogP contribution in [0.2, 0.25) is 0 Å². The molecule has 2 atom stereocenters. The first-order valence-electron chi connectivity index (χ1n) is 11.2. The molecule has 1 heterocycles. The molecular weight excluding hydrogens is 427 g/mol. The van der Waals surface area contributed by atoms with Crippen molar-refractivity contribution in [3.8, 4) is 28.4 Å². The van der Waals surface area contributed by atoms with Gasteiger partial charge in [0.15, 0.2) is 0 Å². The Hall–Kier alpha value is -3.29. The Morgan fingerprint density at radius 3 is 1.67 bits per heavy atom. The lowest BCUT2D eigenvalue weighted by Gasteiger charge is -2.31. The van der Waals surface area contributed by atoms with E-state index < -0.39 is 7.92 Å². The standard InChI is InChI=1S/C29H27O3P/c1-20-21(2)32-26-18-11-19-27(29(26)28-24(30-3)16-10-17-25(28)31-20)33(22-12-6-4-7-13-22)23-14-8-5-9-15-23/h4-21H,1-3H3/t20-,21-/m0/s1. The summed E-state index contributed by atoms with van der Waals surface area (Å²) in [5, 5.41) is 3.79. The molecule has 0 spiro atoms. The van der Waals surface area contributed by atoms with Gasteiger partial charge in [-0.2, -0.15) is 0 Å². The SMILES string of the molecule is COc1cccc2c1-c1c(cccc1P(c1ccccc1)c1ccccc1)O[C@@H](C)[C@H](C)O2. The van der Waals surface area contributed by atoms with Gasteiger partial charge < -0.3 is 14.2 Å². The Morgan fingerprint density at radius 1 is 0.606 bits per heavy atom. The van der Waals surface area contributed by atoms with Crippen LogP contribution in [0, 0.1) is 0 Å². The monoisotopic (exact) mass is 454 g/mol. The molecule has 0 N–H and O–H groups in total. The van der Waals surface area contributed by atoms with Crippen molar-refractivity contribution in [2.45, 2.75) is 26.1 Å². The average Bonchev–Trinajstić information content (AvgIpc) is 2.85. The van der Waals surface area contributed by atoms with E-state index in [1.54, 1.807) is 7.11 Å². The third-order valence-electron chi connectivity index (χ3n) is 6.02. The number of hydrogen-bond acceptors (Lipinski definition) is 3. The summed E-state index contributed by atoms with van der Waals surface area (Å²) < 4.78 is 18.7. The highest BCUT2D eigenvalue weighted by Gasteiger charge is 2.30. The van der Waals surface area contributed by atoms with E-state index in [4.69, 9.17) is 14.2 Å². The summed E-state index contributed by atoms with van der Waals surface area (Å²) in [7, 11) is 0.870. The first-order chi connectivity index (χ1) is 16.2. The van der Waals surface area contributed by atoms with Crippen LogP contribution in [0.25, 0.3) is 11.1 Å². The largest absolute Gasteiger partial charge is 0.496 e. The highest BCUT2D eigenvalue weighted by Crippen LogP contribution is 2.48. The maximum Gasteiger partial charge on any atom is 0.132 e. The fourth-order valence-electron chi connectivity index (χ4n) is 4.25. The van der Waals surface area contributed by atoms with Crippen LogP contribution in [0.15, 0.2) is 97.1 Å². The van der Waals surface area contributed by atoms with Gasteiger partial charge in [0.2, 0.25) is 0 Å². The van der Waals surface area contributed by atoms with Gasteiger partial charge in [-0.3, -0.25) is 0 Å². The van der Waals surface area contributed by atoms with Crippen LogP contribution >= 0.6 is 7.92 Å². The fraction of sp³-hybridized carbons (Fsp3) is 0.172. The predicted octanol–water partition coefficient (Wildman–Crippen LogP) is 5.67. The van der Waals surface area contributed by atoms with Gasteiger partial charge in [0.25, 0.3) is 0 Å². The van der Waals surface area contributed by atoms with E-state index in [1.807, 2.05) is 25.1 Å². The summed E-state index contributed by atoms with van der Waals surface area (Å²) >= 11 is 0. The number of rotatable bonds is 4. The van der Waals surface area contributed by atoms with E-state index in [9.17, 15) is 0 Å². The van der Waals surface area contributed by atoms with Crippen LogP contribution in [-0.4, -0.2) is 19.3 Å². The molecule has 0 amide bonds. The van der Waals surface area contributed by atoms with E-state index in [-0.39, 0.29) is 12.2 Å². The number of fused-ring (bicyclic) bond motifs is 3. The first-order valence-corrected chi connectivity index (χ1v) is 12.6. The van der Waals surface area contributed by atoms with Crippen molar-refractivity contribution < 1.29 is 14.2 Å². The predicted molar refractivity (Wildman–Crippen MR) is 137 cm³/mol. The molecule has 33 heavy (non-hydrogen) atoms. The van der Waals surface area contributed by atoms with E-state index in [0.717, 1.165) is 28.4 Å². The lowest BCUT2D eigenvalue weighted by atomic mass is 10.0. The van der Waals surface area contributed by atoms with E-state index in [2.05, 4.69) is 85.8 Å². The van der Waals surface area contributed by atoms with Crippen LogP contribution in [0.1, 0.15) is 13.8 Å². The Bertz CT molecular complexity index is 1200. The Kier molecular flexibility index (Phi) is 6.07. The smallest absolute Gasteiger partial charge is 0.132 e. The molecule has 0 bridgehead atoms. The second kappa shape index (κ2) is 9.29. The molecule has 4 heteroatoms. The molecule has 0 saturated carbocycles. The van der Waals surface area contributed by atoms with Crippen molar-refractivity contribution in [2.75, 3.05) is 7.11 Å². The van der Waals surface area contributed by atoms with Gasteiger partial charge in [0.1, 0.15) is 29.5 Å². The maximum absolute atomic E-state index is 6.50. The van der Waals surface area contributed by atoms with Crippen LogP contribution in [0.5, 0.6) is 17.2 Å². The second-order valence-electron chi connectivity index (χ2n) is 8.14. The average molecular weight is 455 g/mol. The molecule has 0 radical (unpaired) electrons. The van der Waals surface area contributed by atoms with E-state index >= 15 is 0 Å². The molecule has 1 aliphatic heterocycles. The van der Waals surface area contributed by atoms with Gasteiger partial charge in [-0.1, -0.05) is 78.9 Å². The highest BCUT2D eigenvalue weighted by molar-refractivity contribution is 7.80. The van der Waals surface area contributed by atoms with Crippen LogP contribution in [0.3, 0.4) is 0 Å². The van der Waals surface area contributed by atoms with Crippen LogP contribution in [0.4, 0.5) is 0 Å². The molecule has 3 nitrogen and oxygen atoms in total. The van der Waals surface area contributed by atoms with Gasteiger partial charge in [0.05, 0.1) is 12.7 Å².